The van der Waals surface area contributed by atoms with Crippen LogP contribution in [0.25, 0.3) is 0 Å². The molecule has 1 atom stereocenters. The van der Waals surface area contributed by atoms with Gasteiger partial charge in [-0.2, -0.15) is 0 Å². The number of nitro groups is 1. The normalized spacial score (nSPS) is 12.1. The van der Waals surface area contributed by atoms with E-state index >= 15 is 0 Å². The zero-order valence-corrected chi connectivity index (χ0v) is 12.2. The first-order valence-electron chi connectivity index (χ1n) is 4.87. The molecule has 0 N–H and O–H groups in total. The second-order valence-corrected chi connectivity index (χ2v) is 5.05. The van der Waals surface area contributed by atoms with Crippen LogP contribution >= 0.6 is 30.4 Å². The largest absolute Gasteiger partial charge is 0.297 e. The second-order valence-electron chi connectivity index (χ2n) is 3.66. The Bertz CT molecular complexity index is 408. The van der Waals surface area contributed by atoms with Crippen LogP contribution in [0.15, 0.2) is 36.4 Å². The predicted molar refractivity (Wildman–Crippen MR) is 78.0 cm³/mol. The molecule has 1 aromatic carbocycles. The third kappa shape index (κ3) is 4.64. The summed E-state index contributed by atoms with van der Waals surface area (Å²) in [4.78, 5) is 10.1. The summed E-state index contributed by atoms with van der Waals surface area (Å²) in [7, 11) is 1.25. The molecule has 92 valence electrons. The lowest BCUT2D eigenvalue weighted by atomic mass is 10.0. The molecule has 0 saturated carbocycles. The number of benzene rings is 1. The molecule has 0 saturated heterocycles. The van der Waals surface area contributed by atoms with Gasteiger partial charge in [0.2, 0.25) is 0 Å². The average molecular weight is 365 g/mol. The van der Waals surface area contributed by atoms with Gasteiger partial charge >= 0.3 is 0 Å². The second kappa shape index (κ2) is 6.97. The minimum atomic E-state index is -0.411. The first-order chi connectivity index (χ1) is 8.04. The smallest absolute Gasteiger partial charge is 0.269 e. The lowest BCUT2D eigenvalue weighted by Gasteiger charge is -2.15. The molecular formula is C11H12INO3S. The summed E-state index contributed by atoms with van der Waals surface area (Å²) in [6.07, 6.45) is 0.587. The van der Waals surface area contributed by atoms with E-state index in [4.69, 9.17) is 4.18 Å². The first-order valence-corrected chi connectivity index (χ1v) is 8.16. The molecule has 17 heavy (non-hydrogen) atoms. The van der Waals surface area contributed by atoms with Gasteiger partial charge < -0.3 is 0 Å². The quantitative estimate of drug-likeness (QED) is 0.243. The average Bonchev–Trinajstić information content (AvgIpc) is 2.28. The Hall–Kier alpha value is -0.600. The standard InChI is InChI=1S/C11H12INO3S/c1-8(2)7-11(16-17-12)9-3-5-10(6-4-9)13(14)15/h3-6,11H,1,7H2,2H3. The van der Waals surface area contributed by atoms with Crippen LogP contribution in [-0.4, -0.2) is 4.92 Å². The summed E-state index contributed by atoms with van der Waals surface area (Å²) >= 11 is 2.05. The van der Waals surface area contributed by atoms with Crippen LogP contribution in [0.3, 0.4) is 0 Å². The number of nitro benzene ring substituents is 1. The summed E-state index contributed by atoms with van der Waals surface area (Å²) in [5.41, 5.74) is 2.02. The first kappa shape index (κ1) is 14.5. The molecule has 6 heteroatoms. The van der Waals surface area contributed by atoms with Crippen molar-refractivity contribution < 1.29 is 9.11 Å². The molecule has 0 fully saturated rings. The summed E-state index contributed by atoms with van der Waals surface area (Å²) in [5.74, 6) is 0. The number of halogens is 1. The fourth-order valence-electron chi connectivity index (χ4n) is 1.38. The van der Waals surface area contributed by atoms with Crippen LogP contribution in [0.5, 0.6) is 0 Å². The lowest BCUT2D eigenvalue weighted by Crippen LogP contribution is -2.00. The van der Waals surface area contributed by atoms with Crippen LogP contribution in [-0.2, 0) is 4.18 Å². The molecule has 0 aliphatic carbocycles. The molecule has 0 aromatic heterocycles. The molecule has 0 amide bonds. The monoisotopic (exact) mass is 365 g/mol. The summed E-state index contributed by atoms with van der Waals surface area (Å²) in [6.45, 7) is 5.78. The summed E-state index contributed by atoms with van der Waals surface area (Å²) in [6, 6.07) is 6.42. The van der Waals surface area contributed by atoms with Gasteiger partial charge in [0, 0.05) is 33.3 Å². The number of nitrogens with zero attached hydrogens (tertiary/aromatic N) is 1. The zero-order chi connectivity index (χ0) is 12.8. The van der Waals surface area contributed by atoms with Gasteiger partial charge in [0.1, 0.15) is 6.10 Å². The Morgan fingerprint density at radius 3 is 2.59 bits per heavy atom. The van der Waals surface area contributed by atoms with E-state index in [0.29, 0.717) is 6.42 Å². The molecule has 0 bridgehead atoms. The van der Waals surface area contributed by atoms with Crippen molar-refractivity contribution in [2.45, 2.75) is 19.4 Å². The van der Waals surface area contributed by atoms with Crippen molar-refractivity contribution in [2.75, 3.05) is 0 Å². The topological polar surface area (TPSA) is 52.4 Å². The third-order valence-corrected chi connectivity index (χ3v) is 3.09. The molecule has 0 aliphatic rings. The Morgan fingerprint density at radius 2 is 2.18 bits per heavy atom. The van der Waals surface area contributed by atoms with Crippen molar-refractivity contribution in [1.29, 1.82) is 0 Å². The maximum atomic E-state index is 10.5. The molecular weight excluding hydrogens is 353 g/mol. The minimum Gasteiger partial charge on any atom is -0.297 e. The fraction of sp³-hybridized carbons (Fsp3) is 0.273. The summed E-state index contributed by atoms with van der Waals surface area (Å²) < 4.78 is 5.51. The van der Waals surface area contributed by atoms with Gasteiger partial charge in [-0.15, -0.1) is 6.58 Å². The zero-order valence-electron chi connectivity index (χ0n) is 9.26. The van der Waals surface area contributed by atoms with E-state index < -0.39 is 4.92 Å². The van der Waals surface area contributed by atoms with Gasteiger partial charge in [0.25, 0.3) is 5.69 Å². The summed E-state index contributed by atoms with van der Waals surface area (Å²) in [5, 5.41) is 10.5. The third-order valence-electron chi connectivity index (χ3n) is 2.16. The van der Waals surface area contributed by atoms with Crippen LogP contribution in [0.1, 0.15) is 25.0 Å². The van der Waals surface area contributed by atoms with Gasteiger partial charge in [0.05, 0.1) is 14.1 Å². The van der Waals surface area contributed by atoms with Crippen LogP contribution in [0.2, 0.25) is 0 Å². The van der Waals surface area contributed by atoms with E-state index in [1.54, 1.807) is 12.1 Å². The Morgan fingerprint density at radius 1 is 1.59 bits per heavy atom. The Labute approximate surface area is 116 Å². The van der Waals surface area contributed by atoms with Crippen molar-refractivity contribution in [3.05, 3.63) is 52.1 Å². The number of rotatable bonds is 6. The highest BCUT2D eigenvalue weighted by Gasteiger charge is 2.14. The van der Waals surface area contributed by atoms with Crippen molar-refractivity contribution in [3.8, 4) is 0 Å². The van der Waals surface area contributed by atoms with E-state index in [9.17, 15) is 10.1 Å². The molecule has 0 aliphatic heterocycles. The van der Waals surface area contributed by atoms with E-state index in [-0.39, 0.29) is 11.8 Å². The van der Waals surface area contributed by atoms with Crippen LogP contribution in [0, 0.1) is 10.1 Å². The number of hydrogen-bond donors (Lipinski definition) is 0. The fourth-order valence-corrected chi connectivity index (χ4v) is 2.40. The number of hydrogen-bond acceptors (Lipinski definition) is 4. The van der Waals surface area contributed by atoms with Crippen LogP contribution < -0.4 is 0 Å². The van der Waals surface area contributed by atoms with Gasteiger partial charge in [0.15, 0.2) is 0 Å². The van der Waals surface area contributed by atoms with Gasteiger partial charge in [-0.25, -0.2) is 0 Å². The molecule has 4 nitrogen and oxygen atoms in total. The SMILES string of the molecule is C=C(C)CC(OSI)c1ccc([N+](=O)[O-])cc1. The van der Waals surface area contributed by atoms with Crippen molar-refractivity contribution in [3.63, 3.8) is 0 Å². The van der Waals surface area contributed by atoms with E-state index in [1.807, 2.05) is 6.92 Å². The molecule has 0 spiro atoms. The maximum absolute atomic E-state index is 10.5. The van der Waals surface area contributed by atoms with Crippen molar-refractivity contribution >= 4 is 36.1 Å². The lowest BCUT2D eigenvalue weighted by molar-refractivity contribution is -0.384. The van der Waals surface area contributed by atoms with E-state index in [1.165, 1.54) is 21.3 Å². The molecule has 1 unspecified atom stereocenters. The van der Waals surface area contributed by atoms with E-state index in [0.717, 1.165) is 11.1 Å². The highest BCUT2D eigenvalue weighted by Crippen LogP contribution is 2.32. The minimum absolute atomic E-state index is 0.0879. The highest BCUT2D eigenvalue weighted by molar-refractivity contribution is 14.2. The van der Waals surface area contributed by atoms with Gasteiger partial charge in [-0.05, 0) is 31.0 Å². The Kier molecular flexibility index (Phi) is 5.93. The maximum Gasteiger partial charge on any atom is 0.269 e. The number of non-ortho nitro benzene ring substituents is 1. The van der Waals surface area contributed by atoms with Crippen LogP contribution in [0.4, 0.5) is 5.69 Å². The Balaban J connectivity index is 2.86. The van der Waals surface area contributed by atoms with Gasteiger partial charge in [-0.3, -0.25) is 14.3 Å². The molecule has 0 radical (unpaired) electrons. The van der Waals surface area contributed by atoms with E-state index in [2.05, 4.69) is 27.8 Å². The molecule has 1 aromatic rings. The predicted octanol–water partition coefficient (Wildman–Crippen LogP) is 4.62. The molecule has 0 heterocycles. The van der Waals surface area contributed by atoms with Gasteiger partial charge in [-0.1, -0.05) is 5.57 Å². The van der Waals surface area contributed by atoms with Crippen molar-refractivity contribution in [1.82, 2.24) is 0 Å². The van der Waals surface area contributed by atoms with Crippen molar-refractivity contribution in [2.24, 2.45) is 0 Å². The highest BCUT2D eigenvalue weighted by atomic mass is 127. The molecule has 1 rings (SSSR count).